The molecule has 7 heteroatoms. The number of fused-ring (bicyclic) bond motifs is 1. The van der Waals surface area contributed by atoms with Gasteiger partial charge in [0.1, 0.15) is 18.3 Å². The van der Waals surface area contributed by atoms with E-state index in [2.05, 4.69) is 29.2 Å². The number of carbonyl (C=O) groups is 1. The number of aryl methyl sites for hydroxylation is 2. The third kappa shape index (κ3) is 3.17. The SMILES string of the molecule is Cc1cccc(C(C)C)c1NC(=O)Cn1cnc2c(cnn2C)c1=O. The van der Waals surface area contributed by atoms with Crippen LogP contribution in [0, 0.1) is 6.92 Å². The van der Waals surface area contributed by atoms with Gasteiger partial charge in [0, 0.05) is 12.7 Å². The van der Waals surface area contributed by atoms with Crippen LogP contribution in [-0.4, -0.2) is 25.2 Å². The van der Waals surface area contributed by atoms with Gasteiger partial charge in [-0.1, -0.05) is 32.0 Å². The van der Waals surface area contributed by atoms with Crippen molar-refractivity contribution in [3.05, 3.63) is 52.2 Å². The van der Waals surface area contributed by atoms with Gasteiger partial charge in [-0.2, -0.15) is 5.10 Å². The Morgan fingerprint density at radius 3 is 2.80 bits per heavy atom. The summed E-state index contributed by atoms with van der Waals surface area (Å²) in [5.41, 5.74) is 3.10. The quantitative estimate of drug-likeness (QED) is 0.790. The summed E-state index contributed by atoms with van der Waals surface area (Å²) >= 11 is 0. The molecule has 0 saturated heterocycles. The fourth-order valence-corrected chi connectivity index (χ4v) is 2.86. The van der Waals surface area contributed by atoms with Gasteiger partial charge in [0.15, 0.2) is 5.65 Å². The molecule has 0 aliphatic rings. The minimum Gasteiger partial charge on any atom is -0.324 e. The first kappa shape index (κ1) is 16.9. The summed E-state index contributed by atoms with van der Waals surface area (Å²) in [7, 11) is 1.72. The number of anilines is 1. The van der Waals surface area contributed by atoms with E-state index in [0.29, 0.717) is 11.0 Å². The standard InChI is InChI=1S/C18H21N5O2/c1-11(2)13-7-5-6-12(3)16(13)21-15(24)9-23-10-19-17-14(18(23)25)8-20-22(17)4/h5-8,10-11H,9H2,1-4H3,(H,21,24). The Morgan fingerprint density at radius 2 is 2.08 bits per heavy atom. The molecule has 0 spiro atoms. The molecule has 0 saturated carbocycles. The molecule has 1 amide bonds. The second kappa shape index (κ2) is 6.51. The van der Waals surface area contributed by atoms with Gasteiger partial charge < -0.3 is 5.32 Å². The Hall–Kier alpha value is -2.96. The van der Waals surface area contributed by atoms with E-state index in [1.54, 1.807) is 7.05 Å². The molecule has 25 heavy (non-hydrogen) atoms. The molecular formula is C18H21N5O2. The van der Waals surface area contributed by atoms with Crippen molar-refractivity contribution in [1.29, 1.82) is 0 Å². The van der Waals surface area contributed by atoms with Crippen LogP contribution in [-0.2, 0) is 18.4 Å². The fourth-order valence-electron chi connectivity index (χ4n) is 2.86. The first-order chi connectivity index (χ1) is 11.9. The van der Waals surface area contributed by atoms with Crippen LogP contribution >= 0.6 is 0 Å². The van der Waals surface area contributed by atoms with Gasteiger partial charge in [-0.15, -0.1) is 0 Å². The molecule has 0 fully saturated rings. The Bertz CT molecular complexity index is 1000. The van der Waals surface area contributed by atoms with E-state index in [-0.39, 0.29) is 23.9 Å². The molecule has 0 aliphatic heterocycles. The van der Waals surface area contributed by atoms with E-state index in [4.69, 9.17) is 0 Å². The molecule has 0 radical (unpaired) electrons. The summed E-state index contributed by atoms with van der Waals surface area (Å²) in [6.07, 6.45) is 2.85. The smallest absolute Gasteiger partial charge is 0.264 e. The molecule has 2 aromatic heterocycles. The summed E-state index contributed by atoms with van der Waals surface area (Å²) in [4.78, 5) is 29.2. The summed E-state index contributed by atoms with van der Waals surface area (Å²) in [5.74, 6) is 0.0228. The van der Waals surface area contributed by atoms with Crippen LogP contribution in [0.4, 0.5) is 5.69 Å². The number of amides is 1. The second-order valence-electron chi connectivity index (χ2n) is 6.43. The monoisotopic (exact) mass is 339 g/mol. The molecule has 0 bridgehead atoms. The third-order valence-corrected chi connectivity index (χ3v) is 4.22. The first-order valence-corrected chi connectivity index (χ1v) is 8.15. The molecule has 1 aromatic carbocycles. The van der Waals surface area contributed by atoms with Crippen molar-refractivity contribution in [3.63, 3.8) is 0 Å². The van der Waals surface area contributed by atoms with Gasteiger partial charge >= 0.3 is 0 Å². The largest absolute Gasteiger partial charge is 0.324 e. The van der Waals surface area contributed by atoms with Crippen LogP contribution in [0.1, 0.15) is 30.9 Å². The van der Waals surface area contributed by atoms with E-state index >= 15 is 0 Å². The number of carbonyl (C=O) groups excluding carboxylic acids is 1. The van der Waals surface area contributed by atoms with Crippen molar-refractivity contribution in [1.82, 2.24) is 19.3 Å². The summed E-state index contributed by atoms with van der Waals surface area (Å²) in [5, 5.41) is 7.37. The van der Waals surface area contributed by atoms with Crippen LogP contribution in [0.15, 0.2) is 35.5 Å². The summed E-state index contributed by atoms with van der Waals surface area (Å²) in [6.45, 7) is 6.02. The Labute approximate surface area is 145 Å². The van der Waals surface area contributed by atoms with E-state index in [1.165, 1.54) is 21.8 Å². The molecule has 2 heterocycles. The van der Waals surface area contributed by atoms with Crippen molar-refractivity contribution < 1.29 is 4.79 Å². The fraction of sp³-hybridized carbons (Fsp3) is 0.333. The maximum absolute atomic E-state index is 12.5. The highest BCUT2D eigenvalue weighted by Crippen LogP contribution is 2.27. The van der Waals surface area contributed by atoms with E-state index in [1.807, 2.05) is 25.1 Å². The average Bonchev–Trinajstić information content (AvgIpc) is 2.94. The molecule has 1 N–H and O–H groups in total. The predicted octanol–water partition coefficient (Wildman–Crippen LogP) is 2.20. The van der Waals surface area contributed by atoms with Crippen molar-refractivity contribution in [2.75, 3.05) is 5.32 Å². The van der Waals surface area contributed by atoms with Crippen LogP contribution in [0.25, 0.3) is 11.0 Å². The van der Waals surface area contributed by atoms with Crippen LogP contribution < -0.4 is 10.9 Å². The van der Waals surface area contributed by atoms with Crippen molar-refractivity contribution in [2.45, 2.75) is 33.2 Å². The van der Waals surface area contributed by atoms with Gasteiger partial charge in [-0.25, -0.2) is 4.98 Å². The van der Waals surface area contributed by atoms with E-state index in [0.717, 1.165) is 16.8 Å². The lowest BCUT2D eigenvalue weighted by Gasteiger charge is -2.16. The Kier molecular flexibility index (Phi) is 4.39. The predicted molar refractivity (Wildman–Crippen MR) is 96.7 cm³/mol. The number of hydrogen-bond donors (Lipinski definition) is 1. The number of aromatic nitrogens is 4. The number of nitrogens with one attached hydrogen (secondary N) is 1. The van der Waals surface area contributed by atoms with Gasteiger partial charge in [0.25, 0.3) is 5.56 Å². The first-order valence-electron chi connectivity index (χ1n) is 8.15. The molecule has 0 atom stereocenters. The van der Waals surface area contributed by atoms with Crippen LogP contribution in [0.3, 0.4) is 0 Å². The molecule has 7 nitrogen and oxygen atoms in total. The molecule has 130 valence electrons. The number of para-hydroxylation sites is 1. The maximum atomic E-state index is 12.5. The zero-order valence-electron chi connectivity index (χ0n) is 14.8. The minimum atomic E-state index is -0.276. The minimum absolute atomic E-state index is 0.0947. The average molecular weight is 339 g/mol. The van der Waals surface area contributed by atoms with Crippen LogP contribution in [0.5, 0.6) is 0 Å². The molecular weight excluding hydrogens is 318 g/mol. The number of benzene rings is 1. The van der Waals surface area contributed by atoms with Crippen LogP contribution in [0.2, 0.25) is 0 Å². The lowest BCUT2D eigenvalue weighted by atomic mass is 9.98. The molecule has 0 aliphatic carbocycles. The van der Waals surface area contributed by atoms with Gasteiger partial charge in [-0.05, 0) is 24.0 Å². The normalized spacial score (nSPS) is 11.2. The Morgan fingerprint density at radius 1 is 1.32 bits per heavy atom. The highest BCUT2D eigenvalue weighted by Gasteiger charge is 2.14. The highest BCUT2D eigenvalue weighted by atomic mass is 16.2. The maximum Gasteiger partial charge on any atom is 0.264 e. The Balaban J connectivity index is 1.87. The summed E-state index contributed by atoms with van der Waals surface area (Å²) < 4.78 is 2.83. The van der Waals surface area contributed by atoms with E-state index in [9.17, 15) is 9.59 Å². The van der Waals surface area contributed by atoms with Crippen molar-refractivity contribution >= 4 is 22.6 Å². The number of rotatable bonds is 4. The lowest BCUT2D eigenvalue weighted by molar-refractivity contribution is -0.116. The second-order valence-corrected chi connectivity index (χ2v) is 6.43. The topological polar surface area (TPSA) is 81.8 Å². The van der Waals surface area contributed by atoms with Crippen molar-refractivity contribution in [2.24, 2.45) is 7.05 Å². The van der Waals surface area contributed by atoms with Crippen molar-refractivity contribution in [3.8, 4) is 0 Å². The summed E-state index contributed by atoms with van der Waals surface area (Å²) in [6, 6.07) is 5.94. The van der Waals surface area contributed by atoms with Gasteiger partial charge in [0.2, 0.25) is 5.91 Å². The van der Waals surface area contributed by atoms with E-state index < -0.39 is 0 Å². The molecule has 3 rings (SSSR count). The number of hydrogen-bond acceptors (Lipinski definition) is 4. The molecule has 3 aromatic rings. The number of nitrogens with zero attached hydrogens (tertiary/aromatic N) is 4. The lowest BCUT2D eigenvalue weighted by Crippen LogP contribution is -2.28. The van der Waals surface area contributed by atoms with Gasteiger partial charge in [0.05, 0.1) is 6.20 Å². The molecule has 0 unspecified atom stereocenters. The van der Waals surface area contributed by atoms with Gasteiger partial charge in [-0.3, -0.25) is 18.8 Å². The zero-order chi connectivity index (χ0) is 18.1. The third-order valence-electron chi connectivity index (χ3n) is 4.22. The zero-order valence-corrected chi connectivity index (χ0v) is 14.8. The highest BCUT2D eigenvalue weighted by molar-refractivity contribution is 5.92.